The Balaban J connectivity index is 1.45. The molecule has 2 heterocycles. The minimum Gasteiger partial charge on any atom is -0.338 e. The van der Waals surface area contributed by atoms with Crippen molar-refractivity contribution in [1.82, 2.24) is 25.1 Å². The van der Waals surface area contributed by atoms with Crippen LogP contribution in [0.2, 0.25) is 0 Å². The quantitative estimate of drug-likeness (QED) is 0.716. The highest BCUT2D eigenvalue weighted by Crippen LogP contribution is 2.29. The number of nitrogens with zero attached hydrogens (tertiary/aromatic N) is 5. The molecule has 0 bridgehead atoms. The Labute approximate surface area is 158 Å². The fraction of sp³-hybridized carbons (Fsp3) is 0.333. The number of carbonyl (C=O) groups excluding carboxylic acids is 1. The van der Waals surface area contributed by atoms with Gasteiger partial charge in [0.05, 0.1) is 6.54 Å². The molecule has 2 aromatic carbocycles. The summed E-state index contributed by atoms with van der Waals surface area (Å²) in [4.78, 5) is 15.0. The zero-order valence-corrected chi connectivity index (χ0v) is 15.5. The van der Waals surface area contributed by atoms with Gasteiger partial charge in [0.1, 0.15) is 6.33 Å². The summed E-state index contributed by atoms with van der Waals surface area (Å²) in [6.45, 7) is 4.36. The second kappa shape index (κ2) is 7.70. The van der Waals surface area contributed by atoms with E-state index in [1.54, 1.807) is 11.0 Å². The van der Waals surface area contributed by atoms with E-state index in [2.05, 4.69) is 46.7 Å². The SMILES string of the molecule is Cc1ccccc1C1CCCN(C(=O)c2ccc(Cn3cnnn3)cc2)C1. The van der Waals surface area contributed by atoms with Gasteiger partial charge in [-0.3, -0.25) is 4.79 Å². The van der Waals surface area contributed by atoms with Gasteiger partial charge in [-0.15, -0.1) is 5.10 Å². The van der Waals surface area contributed by atoms with Gasteiger partial charge in [0.15, 0.2) is 0 Å². The Morgan fingerprint density at radius 1 is 1.15 bits per heavy atom. The molecule has 6 nitrogen and oxygen atoms in total. The van der Waals surface area contributed by atoms with Gasteiger partial charge in [0.2, 0.25) is 0 Å². The molecule has 0 aliphatic carbocycles. The van der Waals surface area contributed by atoms with Crippen LogP contribution in [0.5, 0.6) is 0 Å². The molecule has 1 aliphatic heterocycles. The molecule has 0 N–H and O–H groups in total. The molecule has 1 unspecified atom stereocenters. The number of rotatable bonds is 4. The number of likely N-dealkylation sites (tertiary alicyclic amines) is 1. The van der Waals surface area contributed by atoms with Crippen LogP contribution in [0.15, 0.2) is 54.9 Å². The van der Waals surface area contributed by atoms with Crippen LogP contribution in [0.4, 0.5) is 0 Å². The van der Waals surface area contributed by atoms with Crippen molar-refractivity contribution in [3.63, 3.8) is 0 Å². The van der Waals surface area contributed by atoms with Crippen LogP contribution in [-0.2, 0) is 6.54 Å². The summed E-state index contributed by atoms with van der Waals surface area (Å²) in [6, 6.07) is 16.3. The highest BCUT2D eigenvalue weighted by molar-refractivity contribution is 5.94. The van der Waals surface area contributed by atoms with Crippen molar-refractivity contribution in [1.29, 1.82) is 0 Å². The number of tetrazole rings is 1. The average molecular weight is 361 g/mol. The van der Waals surface area contributed by atoms with Crippen molar-refractivity contribution in [2.45, 2.75) is 32.2 Å². The molecule has 1 aliphatic rings. The molecule has 1 saturated heterocycles. The second-order valence-corrected chi connectivity index (χ2v) is 7.15. The van der Waals surface area contributed by atoms with Gasteiger partial charge in [-0.1, -0.05) is 36.4 Å². The van der Waals surface area contributed by atoms with E-state index in [1.807, 2.05) is 29.2 Å². The van der Waals surface area contributed by atoms with Crippen molar-refractivity contribution in [3.8, 4) is 0 Å². The van der Waals surface area contributed by atoms with E-state index >= 15 is 0 Å². The summed E-state index contributed by atoms with van der Waals surface area (Å²) in [6.07, 6.45) is 3.76. The Hall–Kier alpha value is -3.02. The van der Waals surface area contributed by atoms with E-state index in [-0.39, 0.29) is 5.91 Å². The van der Waals surface area contributed by atoms with Crippen molar-refractivity contribution < 1.29 is 4.79 Å². The van der Waals surface area contributed by atoms with E-state index in [0.29, 0.717) is 12.5 Å². The van der Waals surface area contributed by atoms with Crippen LogP contribution in [0, 0.1) is 6.92 Å². The first-order valence-corrected chi connectivity index (χ1v) is 9.35. The summed E-state index contributed by atoms with van der Waals surface area (Å²) >= 11 is 0. The maximum Gasteiger partial charge on any atom is 0.253 e. The molecular formula is C21H23N5O. The first-order valence-electron chi connectivity index (χ1n) is 9.35. The number of benzene rings is 2. The van der Waals surface area contributed by atoms with Crippen LogP contribution in [0.1, 0.15) is 45.8 Å². The van der Waals surface area contributed by atoms with Gasteiger partial charge >= 0.3 is 0 Å². The van der Waals surface area contributed by atoms with Crippen LogP contribution in [-0.4, -0.2) is 44.1 Å². The number of carbonyl (C=O) groups is 1. The van der Waals surface area contributed by atoms with E-state index < -0.39 is 0 Å². The molecule has 0 spiro atoms. The number of hydrogen-bond acceptors (Lipinski definition) is 4. The van der Waals surface area contributed by atoms with Gasteiger partial charge in [-0.25, -0.2) is 4.68 Å². The molecule has 3 aromatic rings. The average Bonchev–Trinajstić information content (AvgIpc) is 3.21. The standard InChI is InChI=1S/C21H23N5O/c1-16-5-2-3-7-20(16)19-6-4-12-25(14-19)21(27)18-10-8-17(9-11-18)13-26-15-22-23-24-26/h2-3,5,7-11,15,19H,4,6,12-14H2,1H3. The fourth-order valence-electron chi connectivity index (χ4n) is 3.84. The zero-order chi connectivity index (χ0) is 18.6. The Bertz CT molecular complexity index is 905. The molecule has 138 valence electrons. The lowest BCUT2D eigenvalue weighted by Crippen LogP contribution is -2.39. The lowest BCUT2D eigenvalue weighted by atomic mass is 9.88. The van der Waals surface area contributed by atoms with Gasteiger partial charge in [-0.05, 0) is 59.0 Å². The molecule has 1 amide bonds. The summed E-state index contributed by atoms with van der Waals surface area (Å²) in [5.41, 5.74) is 4.48. The van der Waals surface area contributed by atoms with E-state index in [1.165, 1.54) is 11.1 Å². The molecular weight excluding hydrogens is 338 g/mol. The maximum absolute atomic E-state index is 13.0. The monoisotopic (exact) mass is 361 g/mol. The molecule has 1 fully saturated rings. The summed E-state index contributed by atoms with van der Waals surface area (Å²) in [5.74, 6) is 0.533. The highest BCUT2D eigenvalue weighted by Gasteiger charge is 2.26. The first-order chi connectivity index (χ1) is 13.2. The molecule has 6 heteroatoms. The number of aromatic nitrogens is 4. The third kappa shape index (κ3) is 3.89. The van der Waals surface area contributed by atoms with Crippen LogP contribution < -0.4 is 0 Å². The predicted molar refractivity (Wildman–Crippen MR) is 102 cm³/mol. The predicted octanol–water partition coefficient (Wildman–Crippen LogP) is 3.05. The number of hydrogen-bond donors (Lipinski definition) is 0. The smallest absolute Gasteiger partial charge is 0.253 e. The highest BCUT2D eigenvalue weighted by atomic mass is 16.2. The second-order valence-electron chi connectivity index (χ2n) is 7.15. The third-order valence-electron chi connectivity index (χ3n) is 5.27. The summed E-state index contributed by atoms with van der Waals surface area (Å²) in [7, 11) is 0. The minimum absolute atomic E-state index is 0.113. The third-order valence-corrected chi connectivity index (χ3v) is 5.27. The van der Waals surface area contributed by atoms with Crippen LogP contribution in [0.25, 0.3) is 0 Å². The minimum atomic E-state index is 0.113. The Morgan fingerprint density at radius 3 is 2.70 bits per heavy atom. The van der Waals surface area contributed by atoms with Crippen molar-refractivity contribution in [2.24, 2.45) is 0 Å². The molecule has 4 rings (SSSR count). The van der Waals surface area contributed by atoms with Crippen molar-refractivity contribution in [2.75, 3.05) is 13.1 Å². The van der Waals surface area contributed by atoms with Crippen molar-refractivity contribution in [3.05, 3.63) is 77.1 Å². The Morgan fingerprint density at radius 2 is 1.96 bits per heavy atom. The summed E-state index contributed by atoms with van der Waals surface area (Å²) < 4.78 is 1.66. The van der Waals surface area contributed by atoms with Gasteiger partial charge < -0.3 is 4.90 Å². The fourth-order valence-corrected chi connectivity index (χ4v) is 3.84. The molecule has 1 aromatic heterocycles. The Kier molecular flexibility index (Phi) is 4.96. The number of piperidine rings is 1. The number of amides is 1. The van der Waals surface area contributed by atoms with Crippen LogP contribution >= 0.6 is 0 Å². The normalized spacial score (nSPS) is 17.1. The number of aryl methyl sites for hydroxylation is 1. The largest absolute Gasteiger partial charge is 0.338 e. The molecule has 1 atom stereocenters. The molecule has 27 heavy (non-hydrogen) atoms. The molecule has 0 saturated carbocycles. The van der Waals surface area contributed by atoms with E-state index in [0.717, 1.165) is 37.1 Å². The lowest BCUT2D eigenvalue weighted by molar-refractivity contribution is 0.0707. The van der Waals surface area contributed by atoms with Crippen LogP contribution in [0.3, 0.4) is 0 Å². The van der Waals surface area contributed by atoms with Gasteiger partial charge in [0, 0.05) is 24.6 Å². The molecule has 0 radical (unpaired) electrons. The van der Waals surface area contributed by atoms with Gasteiger partial charge in [0.25, 0.3) is 5.91 Å². The van der Waals surface area contributed by atoms with Gasteiger partial charge in [-0.2, -0.15) is 0 Å². The van der Waals surface area contributed by atoms with Crippen molar-refractivity contribution >= 4 is 5.91 Å². The maximum atomic E-state index is 13.0. The summed E-state index contributed by atoms with van der Waals surface area (Å²) in [5, 5.41) is 11.1. The van der Waals surface area contributed by atoms with E-state index in [9.17, 15) is 4.79 Å². The zero-order valence-electron chi connectivity index (χ0n) is 15.5. The topological polar surface area (TPSA) is 63.9 Å². The van der Waals surface area contributed by atoms with E-state index in [4.69, 9.17) is 0 Å². The lowest BCUT2D eigenvalue weighted by Gasteiger charge is -2.33. The first kappa shape index (κ1) is 17.4.